The number of aromatic hydroxyl groups is 1. The van der Waals surface area contributed by atoms with E-state index in [1.165, 1.54) is 18.9 Å². The average molecular weight is 391 g/mol. The van der Waals surface area contributed by atoms with Crippen molar-refractivity contribution in [1.29, 1.82) is 0 Å². The molecule has 0 bridgehead atoms. The topological polar surface area (TPSA) is 70.9 Å². The van der Waals surface area contributed by atoms with Crippen molar-refractivity contribution < 1.29 is 14.6 Å². The maximum atomic E-state index is 12.1. The van der Waals surface area contributed by atoms with Crippen LogP contribution in [0.4, 0.5) is 0 Å². The molecule has 1 amide bonds. The molecule has 2 rings (SSSR count). The molecule has 24 heavy (non-hydrogen) atoms. The Bertz CT molecular complexity index is 756. The highest BCUT2D eigenvalue weighted by Crippen LogP contribution is 2.34. The van der Waals surface area contributed by atoms with Crippen LogP contribution in [0.5, 0.6) is 11.5 Å². The third kappa shape index (κ3) is 4.35. The van der Waals surface area contributed by atoms with E-state index < -0.39 is 0 Å². The van der Waals surface area contributed by atoms with Gasteiger partial charge in [-0.2, -0.15) is 5.10 Å². The van der Waals surface area contributed by atoms with Gasteiger partial charge in [0, 0.05) is 5.56 Å². The number of nitrogens with one attached hydrogen (secondary N) is 1. The van der Waals surface area contributed by atoms with E-state index in [0.29, 0.717) is 27.3 Å². The lowest BCUT2D eigenvalue weighted by Gasteiger charge is -2.07. The molecule has 0 aliphatic carbocycles. The zero-order valence-electron chi connectivity index (χ0n) is 13.7. The normalized spacial score (nSPS) is 11.0. The molecule has 0 fully saturated rings. The van der Waals surface area contributed by atoms with Gasteiger partial charge in [-0.1, -0.05) is 26.0 Å². The summed E-state index contributed by atoms with van der Waals surface area (Å²) in [6.45, 7) is 4.20. The highest BCUT2D eigenvalue weighted by molar-refractivity contribution is 9.10. The molecule has 0 aromatic heterocycles. The monoisotopic (exact) mass is 390 g/mol. The smallest absolute Gasteiger partial charge is 0.271 e. The fraction of sp³-hybridized carbons (Fsp3) is 0.222. The maximum absolute atomic E-state index is 12.1. The molecule has 0 saturated heterocycles. The first kappa shape index (κ1) is 18.0. The third-order valence-electron chi connectivity index (χ3n) is 3.49. The lowest BCUT2D eigenvalue weighted by atomic mass is 10.0. The number of ether oxygens (including phenoxy) is 1. The van der Waals surface area contributed by atoms with Crippen molar-refractivity contribution in [2.45, 2.75) is 19.8 Å². The van der Waals surface area contributed by atoms with Gasteiger partial charge in [0.2, 0.25) is 0 Å². The molecule has 0 spiro atoms. The van der Waals surface area contributed by atoms with Crippen LogP contribution in [0.25, 0.3) is 0 Å². The van der Waals surface area contributed by atoms with E-state index >= 15 is 0 Å². The van der Waals surface area contributed by atoms with E-state index in [9.17, 15) is 9.90 Å². The Kier molecular flexibility index (Phi) is 5.98. The van der Waals surface area contributed by atoms with Crippen LogP contribution in [-0.2, 0) is 0 Å². The summed E-state index contributed by atoms with van der Waals surface area (Å²) in [4.78, 5) is 12.1. The first-order valence-corrected chi connectivity index (χ1v) is 8.21. The average Bonchev–Trinajstić information content (AvgIpc) is 2.57. The molecule has 126 valence electrons. The number of phenolic OH excluding ortho intramolecular Hbond substituents is 1. The van der Waals surface area contributed by atoms with E-state index in [2.05, 4.69) is 40.3 Å². The third-order valence-corrected chi connectivity index (χ3v) is 4.09. The van der Waals surface area contributed by atoms with Crippen LogP contribution in [0, 0.1) is 0 Å². The second-order valence-electron chi connectivity index (χ2n) is 5.53. The van der Waals surface area contributed by atoms with Gasteiger partial charge in [0.1, 0.15) is 0 Å². The van der Waals surface area contributed by atoms with Gasteiger partial charge in [0.05, 0.1) is 17.8 Å². The molecule has 0 aliphatic heterocycles. The molecule has 0 saturated carbocycles. The second-order valence-corrected chi connectivity index (χ2v) is 6.38. The summed E-state index contributed by atoms with van der Waals surface area (Å²) >= 11 is 3.23. The van der Waals surface area contributed by atoms with Crippen LogP contribution >= 0.6 is 15.9 Å². The molecule has 0 atom stereocenters. The predicted octanol–water partition coefficient (Wildman–Crippen LogP) is 4.05. The van der Waals surface area contributed by atoms with E-state index in [4.69, 9.17) is 4.74 Å². The molecule has 5 nitrogen and oxygen atoms in total. The first-order valence-electron chi connectivity index (χ1n) is 7.42. The lowest BCUT2D eigenvalue weighted by molar-refractivity contribution is 0.0955. The number of carbonyl (C=O) groups excluding carboxylic acids is 1. The lowest BCUT2D eigenvalue weighted by Crippen LogP contribution is -2.17. The van der Waals surface area contributed by atoms with Gasteiger partial charge < -0.3 is 9.84 Å². The zero-order valence-corrected chi connectivity index (χ0v) is 15.3. The molecule has 0 aliphatic rings. The van der Waals surface area contributed by atoms with Crippen molar-refractivity contribution in [3.63, 3.8) is 0 Å². The Labute approximate surface area is 149 Å². The number of benzene rings is 2. The zero-order chi connectivity index (χ0) is 17.7. The molecular weight excluding hydrogens is 372 g/mol. The predicted molar refractivity (Wildman–Crippen MR) is 98.0 cm³/mol. The highest BCUT2D eigenvalue weighted by Gasteiger charge is 2.08. The minimum absolute atomic E-state index is 0.0175. The van der Waals surface area contributed by atoms with Gasteiger partial charge in [0.25, 0.3) is 5.91 Å². The summed E-state index contributed by atoms with van der Waals surface area (Å²) in [7, 11) is 1.46. The van der Waals surface area contributed by atoms with Gasteiger partial charge in [-0.25, -0.2) is 5.43 Å². The van der Waals surface area contributed by atoms with Crippen LogP contribution in [-0.4, -0.2) is 24.3 Å². The van der Waals surface area contributed by atoms with Gasteiger partial charge in [-0.3, -0.25) is 4.79 Å². The van der Waals surface area contributed by atoms with Crippen LogP contribution < -0.4 is 10.2 Å². The Morgan fingerprint density at radius 1 is 1.29 bits per heavy atom. The van der Waals surface area contributed by atoms with Crippen molar-refractivity contribution in [3.8, 4) is 11.5 Å². The van der Waals surface area contributed by atoms with E-state index in [1.54, 1.807) is 24.3 Å². The molecule has 2 N–H and O–H groups in total. The van der Waals surface area contributed by atoms with Gasteiger partial charge >= 0.3 is 0 Å². The summed E-state index contributed by atoms with van der Waals surface area (Å²) < 4.78 is 5.55. The second kappa shape index (κ2) is 7.97. The number of carbonyl (C=O) groups is 1. The van der Waals surface area contributed by atoms with Crippen molar-refractivity contribution in [3.05, 3.63) is 57.6 Å². The summed E-state index contributed by atoms with van der Waals surface area (Å²) in [5.74, 6) is 0.472. The highest BCUT2D eigenvalue weighted by atomic mass is 79.9. The largest absolute Gasteiger partial charge is 0.503 e. The standard InChI is InChI=1S/C18H19BrN2O3/c1-11(2)13-4-6-14(7-5-13)18(23)21-20-10-12-8-15(19)17(22)16(9-12)24-3/h4-11,22H,1-3H3,(H,21,23)/b20-10+. The number of hydrogen-bond donors (Lipinski definition) is 2. The number of nitrogens with zero attached hydrogens (tertiary/aromatic N) is 1. The number of rotatable bonds is 5. The fourth-order valence-electron chi connectivity index (χ4n) is 2.07. The minimum atomic E-state index is -0.286. The summed E-state index contributed by atoms with van der Waals surface area (Å²) in [5.41, 5.74) is 4.87. The van der Waals surface area contributed by atoms with Crippen molar-refractivity contribution in [2.75, 3.05) is 7.11 Å². The molecular formula is C18H19BrN2O3. The summed E-state index contributed by atoms with van der Waals surface area (Å²) in [5, 5.41) is 13.7. The fourth-order valence-corrected chi connectivity index (χ4v) is 2.53. The molecule has 2 aromatic carbocycles. The maximum Gasteiger partial charge on any atom is 0.271 e. The first-order chi connectivity index (χ1) is 11.4. The van der Waals surface area contributed by atoms with Crippen molar-refractivity contribution in [2.24, 2.45) is 5.10 Å². The SMILES string of the molecule is COc1cc(/C=N/NC(=O)c2ccc(C(C)C)cc2)cc(Br)c1O. The van der Waals surface area contributed by atoms with Gasteiger partial charge in [0.15, 0.2) is 11.5 Å². The molecule has 0 unspecified atom stereocenters. The molecule has 6 heteroatoms. The molecule has 0 radical (unpaired) electrons. The molecule has 2 aromatic rings. The van der Waals surface area contributed by atoms with Crippen LogP contribution in [0.2, 0.25) is 0 Å². The van der Waals surface area contributed by atoms with Gasteiger partial charge in [-0.15, -0.1) is 0 Å². The van der Waals surface area contributed by atoms with Gasteiger partial charge in [-0.05, 0) is 57.2 Å². The Morgan fingerprint density at radius 2 is 1.96 bits per heavy atom. The number of hydrazone groups is 1. The van der Waals surface area contributed by atoms with E-state index in [1.807, 2.05) is 12.1 Å². The quantitative estimate of drug-likeness (QED) is 0.597. The number of methoxy groups -OCH3 is 1. The van der Waals surface area contributed by atoms with Crippen molar-refractivity contribution in [1.82, 2.24) is 5.43 Å². The Morgan fingerprint density at radius 3 is 2.54 bits per heavy atom. The Balaban J connectivity index is 2.06. The number of phenols is 1. The van der Waals surface area contributed by atoms with E-state index in [-0.39, 0.29) is 11.7 Å². The molecule has 0 heterocycles. The summed E-state index contributed by atoms with van der Waals surface area (Å²) in [6, 6.07) is 10.7. The number of halogens is 1. The Hall–Kier alpha value is -2.34. The van der Waals surface area contributed by atoms with E-state index in [0.717, 1.165) is 0 Å². The number of amides is 1. The van der Waals surface area contributed by atoms with Crippen LogP contribution in [0.1, 0.15) is 41.3 Å². The van der Waals surface area contributed by atoms with Crippen LogP contribution in [0.3, 0.4) is 0 Å². The van der Waals surface area contributed by atoms with Crippen LogP contribution in [0.15, 0.2) is 46.0 Å². The minimum Gasteiger partial charge on any atom is -0.503 e. The number of hydrogen-bond acceptors (Lipinski definition) is 4. The summed E-state index contributed by atoms with van der Waals surface area (Å²) in [6.07, 6.45) is 1.48. The van der Waals surface area contributed by atoms with Crippen molar-refractivity contribution >= 4 is 28.1 Å².